The van der Waals surface area contributed by atoms with Crippen LogP contribution in [0, 0.1) is 6.92 Å². The second-order valence-electron chi connectivity index (χ2n) is 5.21. The summed E-state index contributed by atoms with van der Waals surface area (Å²) in [5, 5.41) is 6.35. The summed E-state index contributed by atoms with van der Waals surface area (Å²) in [4.78, 5) is 20.5. The minimum absolute atomic E-state index is 0.250. The summed E-state index contributed by atoms with van der Waals surface area (Å²) in [5.74, 6) is 0.190. The number of amides is 1. The summed E-state index contributed by atoms with van der Waals surface area (Å²) >= 11 is 6.05. The largest absolute Gasteiger partial charge is 0.340 e. The van der Waals surface area contributed by atoms with Crippen LogP contribution in [-0.4, -0.2) is 15.9 Å². The zero-order valence-electron chi connectivity index (χ0n) is 13.0. The number of hydrogen-bond donors (Lipinski definition) is 2. The number of rotatable bonds is 4. The van der Waals surface area contributed by atoms with E-state index in [4.69, 9.17) is 11.6 Å². The Balaban J connectivity index is 1.76. The molecule has 0 aliphatic carbocycles. The van der Waals surface area contributed by atoms with E-state index in [0.717, 1.165) is 5.69 Å². The number of carbonyl (C=O) groups is 1. The van der Waals surface area contributed by atoms with Crippen LogP contribution in [0.25, 0.3) is 0 Å². The highest BCUT2D eigenvalue weighted by Crippen LogP contribution is 2.21. The van der Waals surface area contributed by atoms with E-state index in [9.17, 15) is 4.79 Å². The van der Waals surface area contributed by atoms with Crippen molar-refractivity contribution in [3.05, 3.63) is 77.2 Å². The van der Waals surface area contributed by atoms with Crippen LogP contribution in [0.1, 0.15) is 16.1 Å². The van der Waals surface area contributed by atoms with Gasteiger partial charge in [0.05, 0.1) is 10.7 Å². The normalized spacial score (nSPS) is 10.2. The van der Waals surface area contributed by atoms with Gasteiger partial charge in [-0.3, -0.25) is 4.79 Å². The lowest BCUT2D eigenvalue weighted by atomic mass is 10.2. The fraction of sp³-hybridized carbons (Fsp3) is 0.0556. The lowest BCUT2D eigenvalue weighted by molar-refractivity contribution is 0.102. The van der Waals surface area contributed by atoms with E-state index in [-0.39, 0.29) is 11.6 Å². The lowest BCUT2D eigenvalue weighted by Crippen LogP contribution is -2.14. The minimum Gasteiger partial charge on any atom is -0.340 e. The van der Waals surface area contributed by atoms with Gasteiger partial charge in [-0.2, -0.15) is 0 Å². The zero-order chi connectivity index (χ0) is 16.9. The topological polar surface area (TPSA) is 66.9 Å². The maximum Gasteiger partial charge on any atom is 0.274 e. The molecule has 0 saturated heterocycles. The average Bonchev–Trinajstić information content (AvgIpc) is 2.59. The van der Waals surface area contributed by atoms with Gasteiger partial charge >= 0.3 is 0 Å². The highest BCUT2D eigenvalue weighted by Gasteiger charge is 2.11. The first kappa shape index (κ1) is 16.0. The molecule has 0 unspecified atom stereocenters. The number of carbonyl (C=O) groups excluding carboxylic acids is 1. The summed E-state index contributed by atoms with van der Waals surface area (Å²) in [6.45, 7) is 2.02. The van der Waals surface area contributed by atoms with E-state index in [2.05, 4.69) is 20.6 Å². The van der Waals surface area contributed by atoms with Crippen molar-refractivity contribution in [3.63, 3.8) is 0 Å². The molecule has 0 saturated carbocycles. The third-order valence-electron chi connectivity index (χ3n) is 3.35. The van der Waals surface area contributed by atoms with E-state index < -0.39 is 0 Å². The van der Waals surface area contributed by atoms with Crippen molar-refractivity contribution in [2.45, 2.75) is 6.92 Å². The van der Waals surface area contributed by atoms with E-state index in [0.29, 0.717) is 16.5 Å². The summed E-state index contributed by atoms with van der Waals surface area (Å²) in [5.41, 5.74) is 2.84. The summed E-state index contributed by atoms with van der Waals surface area (Å²) in [6, 6.07) is 16.5. The van der Waals surface area contributed by atoms with Crippen molar-refractivity contribution in [1.82, 2.24) is 9.97 Å². The predicted octanol–water partition coefficient (Wildman–Crippen LogP) is 4.43. The number of nitrogens with zero attached hydrogens (tertiary/aromatic N) is 2. The molecule has 0 spiro atoms. The number of nitrogens with one attached hydrogen (secondary N) is 2. The smallest absolute Gasteiger partial charge is 0.274 e. The van der Waals surface area contributed by atoms with Crippen molar-refractivity contribution in [3.8, 4) is 0 Å². The Hall–Kier alpha value is -2.92. The molecule has 6 heteroatoms. The molecule has 0 atom stereocenters. The Bertz CT molecular complexity index is 865. The minimum atomic E-state index is -0.350. The lowest BCUT2D eigenvalue weighted by Gasteiger charge is -2.08. The molecule has 0 aliphatic heterocycles. The Morgan fingerprint density at radius 1 is 1.04 bits per heavy atom. The molecule has 1 heterocycles. The quantitative estimate of drug-likeness (QED) is 0.738. The highest BCUT2D eigenvalue weighted by molar-refractivity contribution is 6.33. The van der Waals surface area contributed by atoms with Crippen LogP contribution in [0.4, 0.5) is 17.2 Å². The number of anilines is 3. The van der Waals surface area contributed by atoms with Crippen molar-refractivity contribution < 1.29 is 4.79 Å². The summed E-state index contributed by atoms with van der Waals surface area (Å²) in [7, 11) is 0. The number of halogens is 1. The molecule has 1 aromatic heterocycles. The van der Waals surface area contributed by atoms with Crippen LogP contribution in [0.3, 0.4) is 0 Å². The standard InChI is InChI=1S/C18H15ClN4O/c1-12-6-8-13(9-7-12)22-17-10-16(20-11-21-17)18(24)23-15-5-3-2-4-14(15)19/h2-11H,1H3,(H,23,24)(H,20,21,22). The first-order chi connectivity index (χ1) is 11.6. The Kier molecular flexibility index (Phi) is 4.72. The number of hydrogen-bond acceptors (Lipinski definition) is 4. The van der Waals surface area contributed by atoms with Gasteiger partial charge in [0.15, 0.2) is 0 Å². The predicted molar refractivity (Wildman–Crippen MR) is 95.9 cm³/mol. The number of para-hydroxylation sites is 1. The molecule has 5 nitrogen and oxygen atoms in total. The molecule has 0 bridgehead atoms. The Labute approximate surface area is 144 Å². The summed E-state index contributed by atoms with van der Waals surface area (Å²) < 4.78 is 0. The van der Waals surface area contributed by atoms with Crippen LogP contribution in [0.2, 0.25) is 5.02 Å². The number of aromatic nitrogens is 2. The average molecular weight is 339 g/mol. The molecule has 3 rings (SSSR count). The van der Waals surface area contributed by atoms with Gasteiger partial charge in [0, 0.05) is 11.8 Å². The van der Waals surface area contributed by atoms with E-state index >= 15 is 0 Å². The summed E-state index contributed by atoms with van der Waals surface area (Å²) in [6.07, 6.45) is 1.35. The van der Waals surface area contributed by atoms with Crippen molar-refractivity contribution in [2.75, 3.05) is 10.6 Å². The molecule has 1 amide bonds. The van der Waals surface area contributed by atoms with Gasteiger partial charge in [-0.25, -0.2) is 9.97 Å². The van der Waals surface area contributed by atoms with E-state index in [1.807, 2.05) is 31.2 Å². The van der Waals surface area contributed by atoms with Gasteiger partial charge in [-0.1, -0.05) is 41.4 Å². The molecule has 24 heavy (non-hydrogen) atoms. The number of aryl methyl sites for hydroxylation is 1. The van der Waals surface area contributed by atoms with E-state index in [1.54, 1.807) is 30.3 Å². The van der Waals surface area contributed by atoms with Gasteiger partial charge < -0.3 is 10.6 Å². The van der Waals surface area contributed by atoms with Gasteiger partial charge in [0.25, 0.3) is 5.91 Å². The molecular weight excluding hydrogens is 324 g/mol. The van der Waals surface area contributed by atoms with Crippen LogP contribution < -0.4 is 10.6 Å². The monoisotopic (exact) mass is 338 g/mol. The maximum atomic E-state index is 12.3. The second-order valence-corrected chi connectivity index (χ2v) is 5.62. The first-order valence-corrected chi connectivity index (χ1v) is 7.71. The number of benzene rings is 2. The highest BCUT2D eigenvalue weighted by atomic mass is 35.5. The van der Waals surface area contributed by atoms with Crippen molar-refractivity contribution >= 4 is 34.7 Å². The molecule has 2 N–H and O–H groups in total. The van der Waals surface area contributed by atoms with Crippen LogP contribution in [0.15, 0.2) is 60.9 Å². The maximum absolute atomic E-state index is 12.3. The van der Waals surface area contributed by atoms with Crippen LogP contribution in [0.5, 0.6) is 0 Å². The molecule has 2 aromatic carbocycles. The molecule has 0 aliphatic rings. The third-order valence-corrected chi connectivity index (χ3v) is 3.68. The SMILES string of the molecule is Cc1ccc(Nc2cc(C(=O)Nc3ccccc3Cl)ncn2)cc1. The van der Waals surface area contributed by atoms with Crippen molar-refractivity contribution in [1.29, 1.82) is 0 Å². The van der Waals surface area contributed by atoms with Gasteiger partial charge in [0.2, 0.25) is 0 Å². The fourth-order valence-corrected chi connectivity index (χ4v) is 2.27. The Morgan fingerprint density at radius 3 is 2.54 bits per heavy atom. The van der Waals surface area contributed by atoms with Gasteiger partial charge in [0.1, 0.15) is 17.8 Å². The van der Waals surface area contributed by atoms with E-state index in [1.165, 1.54) is 11.9 Å². The molecule has 3 aromatic rings. The molecular formula is C18H15ClN4O. The molecule has 0 radical (unpaired) electrons. The van der Waals surface area contributed by atoms with Crippen LogP contribution >= 0.6 is 11.6 Å². The second kappa shape index (κ2) is 7.10. The van der Waals surface area contributed by atoms with Crippen LogP contribution in [-0.2, 0) is 0 Å². The Morgan fingerprint density at radius 2 is 1.79 bits per heavy atom. The fourth-order valence-electron chi connectivity index (χ4n) is 2.08. The molecule has 0 fully saturated rings. The first-order valence-electron chi connectivity index (χ1n) is 7.33. The van der Waals surface area contributed by atoms with Crippen molar-refractivity contribution in [2.24, 2.45) is 0 Å². The zero-order valence-corrected chi connectivity index (χ0v) is 13.7. The van der Waals surface area contributed by atoms with Gasteiger partial charge in [-0.05, 0) is 31.2 Å². The molecule has 120 valence electrons. The third kappa shape index (κ3) is 3.88. The van der Waals surface area contributed by atoms with Gasteiger partial charge in [-0.15, -0.1) is 0 Å².